The fraction of sp³-hybridized carbons (Fsp3) is 0.0294. The minimum Gasteiger partial charge on any atom is -0.322 e. The van der Waals surface area contributed by atoms with Gasteiger partial charge in [-0.3, -0.25) is 0 Å². The summed E-state index contributed by atoms with van der Waals surface area (Å²) in [4.78, 5) is 2.53. The third-order valence-corrected chi connectivity index (χ3v) is 15.8. The van der Waals surface area contributed by atoms with E-state index in [4.69, 9.17) is 0 Å². The van der Waals surface area contributed by atoms with Crippen molar-refractivity contribution in [3.8, 4) is 16.8 Å². The van der Waals surface area contributed by atoms with Crippen molar-refractivity contribution in [2.24, 2.45) is 0 Å². The van der Waals surface area contributed by atoms with E-state index in [1.165, 1.54) is 93.7 Å². The Bertz CT molecular complexity index is 4040. The number of aromatic nitrogens is 2. The van der Waals surface area contributed by atoms with Crippen LogP contribution in [0.1, 0.15) is 38.9 Å². The second-order valence-electron chi connectivity index (χ2n) is 19.1. The normalized spacial score (nSPS) is 14.1. The minimum atomic E-state index is -0.734. The summed E-state index contributed by atoms with van der Waals surface area (Å²) in [6.45, 7) is 0. The van der Waals surface area contributed by atoms with Crippen molar-refractivity contribution in [1.82, 2.24) is 9.13 Å². The van der Waals surface area contributed by atoms with E-state index in [2.05, 4.69) is 287 Å². The van der Waals surface area contributed by atoms with Gasteiger partial charge in [0.25, 0.3) is 0 Å². The first-order valence-electron chi connectivity index (χ1n) is 24.7. The molecular weight excluding hydrogens is 859 g/mol. The molecule has 0 bridgehead atoms. The zero-order chi connectivity index (χ0) is 46.7. The van der Waals surface area contributed by atoms with Crippen molar-refractivity contribution < 1.29 is 0 Å². The van der Waals surface area contributed by atoms with Crippen LogP contribution in [0.25, 0.3) is 60.4 Å². The summed E-state index contributed by atoms with van der Waals surface area (Å²) in [7, 11) is 0. The molecule has 0 saturated carbocycles. The average molecular weight is 904 g/mol. The molecule has 1 aliphatic heterocycles. The molecule has 0 unspecified atom stereocenters. The zero-order valence-electron chi connectivity index (χ0n) is 38.8. The van der Waals surface area contributed by atoms with Gasteiger partial charge in [-0.25, -0.2) is 0 Å². The molecule has 332 valence electrons. The quantitative estimate of drug-likeness (QED) is 0.162. The molecule has 71 heavy (non-hydrogen) atoms. The third-order valence-electron chi connectivity index (χ3n) is 15.8. The Hall–Kier alpha value is -9.18. The molecule has 3 nitrogen and oxygen atoms in total. The third kappa shape index (κ3) is 5.32. The second kappa shape index (κ2) is 15.2. The van der Waals surface area contributed by atoms with Gasteiger partial charge >= 0.3 is 0 Å². The average Bonchev–Trinajstić information content (AvgIpc) is 4.07. The minimum absolute atomic E-state index is 0.649. The molecule has 3 heteroatoms. The maximum absolute atomic E-state index is 2.63. The molecule has 2 aromatic heterocycles. The second-order valence-corrected chi connectivity index (χ2v) is 19.1. The summed E-state index contributed by atoms with van der Waals surface area (Å²) in [6.07, 6.45) is 0. The summed E-state index contributed by atoms with van der Waals surface area (Å²) >= 11 is 0. The molecule has 0 N–H and O–H groups in total. The smallest absolute Gasteiger partial charge is 0.125 e. The Morgan fingerprint density at radius 1 is 0.268 bits per heavy atom. The van der Waals surface area contributed by atoms with Crippen LogP contribution in [-0.4, -0.2) is 9.13 Å². The van der Waals surface area contributed by atoms with Gasteiger partial charge < -0.3 is 14.0 Å². The molecule has 15 rings (SSSR count). The van der Waals surface area contributed by atoms with Crippen molar-refractivity contribution in [2.45, 2.75) is 11.0 Å². The molecule has 0 fully saturated rings. The SMILES string of the molecule is c1ccc(C2(c3ccccc3)c3cc(N4c5ccccc5C(c5ccccc5)(n5c6ccccc6c6ccccc65)c5ccccc54)ccc3-c3ccc(-n4c5ccccc5c5ccccc54)cc32)cc1. The lowest BCUT2D eigenvalue weighted by Gasteiger charge is -2.47. The first-order valence-corrected chi connectivity index (χ1v) is 24.7. The van der Waals surface area contributed by atoms with Crippen molar-refractivity contribution in [2.75, 3.05) is 4.90 Å². The Labute approximate surface area is 412 Å². The number of anilines is 3. The molecule has 0 atom stereocenters. The van der Waals surface area contributed by atoms with Crippen LogP contribution in [-0.2, 0) is 11.0 Å². The molecule has 0 amide bonds. The number of hydrogen-bond donors (Lipinski definition) is 0. The molecule has 0 radical (unpaired) electrons. The van der Waals surface area contributed by atoms with Gasteiger partial charge in [0, 0.05) is 44.0 Å². The predicted molar refractivity (Wildman–Crippen MR) is 294 cm³/mol. The molecule has 0 spiro atoms. The van der Waals surface area contributed by atoms with E-state index in [-0.39, 0.29) is 0 Å². The van der Waals surface area contributed by atoms with Crippen molar-refractivity contribution >= 4 is 60.7 Å². The highest BCUT2D eigenvalue weighted by atomic mass is 15.2. The van der Waals surface area contributed by atoms with Crippen LogP contribution in [0, 0.1) is 0 Å². The Morgan fingerprint density at radius 2 is 0.634 bits per heavy atom. The van der Waals surface area contributed by atoms with Gasteiger partial charge in [-0.2, -0.15) is 0 Å². The Kier molecular flexibility index (Phi) is 8.49. The Balaban J connectivity index is 1.01. The topological polar surface area (TPSA) is 13.1 Å². The lowest BCUT2D eigenvalue weighted by Crippen LogP contribution is -2.42. The van der Waals surface area contributed by atoms with E-state index in [9.17, 15) is 0 Å². The largest absolute Gasteiger partial charge is 0.322 e. The van der Waals surface area contributed by atoms with E-state index in [0.29, 0.717) is 0 Å². The monoisotopic (exact) mass is 903 g/mol. The molecule has 13 aromatic rings. The first-order chi connectivity index (χ1) is 35.3. The standard InChI is InChI=1S/C68H45N3/c1-4-22-46(23-5-1)67(47-24-6-2-7-25-47)59-44-49(69-61-34-16-10-28-53(61)54-29-11-17-35-62(54)69)40-42-51(59)52-43-41-50(45-60(52)67)70-65-38-20-14-32-57(65)68(48-26-8-3-9-27-48,58-33-15-21-39-66(58)70)71-63-36-18-12-30-55(63)56-31-13-19-37-64(56)71/h1-45H. The molecule has 0 saturated heterocycles. The lowest BCUT2D eigenvalue weighted by molar-refractivity contribution is 0.544. The zero-order valence-corrected chi connectivity index (χ0v) is 38.8. The van der Waals surface area contributed by atoms with Crippen molar-refractivity contribution in [3.63, 3.8) is 0 Å². The van der Waals surface area contributed by atoms with Gasteiger partial charge in [0.15, 0.2) is 0 Å². The van der Waals surface area contributed by atoms with Gasteiger partial charge in [0.2, 0.25) is 0 Å². The number of para-hydroxylation sites is 6. The summed E-state index contributed by atoms with van der Waals surface area (Å²) in [5, 5.41) is 5.00. The van der Waals surface area contributed by atoms with Crippen molar-refractivity contribution in [1.29, 1.82) is 0 Å². The van der Waals surface area contributed by atoms with Crippen LogP contribution in [0.3, 0.4) is 0 Å². The van der Waals surface area contributed by atoms with E-state index < -0.39 is 11.0 Å². The Morgan fingerprint density at radius 3 is 1.13 bits per heavy atom. The highest BCUT2D eigenvalue weighted by Crippen LogP contribution is 2.61. The van der Waals surface area contributed by atoms with Gasteiger partial charge in [0.05, 0.1) is 38.9 Å². The maximum Gasteiger partial charge on any atom is 0.125 e. The number of rotatable bonds is 6. The fourth-order valence-electron chi connectivity index (χ4n) is 13.1. The van der Waals surface area contributed by atoms with Crippen molar-refractivity contribution in [3.05, 3.63) is 312 Å². The number of hydrogen-bond acceptors (Lipinski definition) is 1. The van der Waals surface area contributed by atoms with Gasteiger partial charge in [-0.15, -0.1) is 0 Å². The fourth-order valence-corrected chi connectivity index (χ4v) is 13.1. The summed E-state index contributed by atoms with van der Waals surface area (Å²) < 4.78 is 5.09. The van der Waals surface area contributed by atoms with Gasteiger partial charge in [-0.1, -0.05) is 212 Å². The van der Waals surface area contributed by atoms with Crippen LogP contribution in [0.2, 0.25) is 0 Å². The van der Waals surface area contributed by atoms with E-state index in [1.807, 2.05) is 0 Å². The van der Waals surface area contributed by atoms with Crippen LogP contribution < -0.4 is 4.90 Å². The van der Waals surface area contributed by atoms with Gasteiger partial charge in [0.1, 0.15) is 5.54 Å². The highest BCUT2D eigenvalue weighted by molar-refractivity contribution is 6.10. The lowest BCUT2D eigenvalue weighted by atomic mass is 9.67. The molecule has 3 heterocycles. The molecule has 1 aliphatic carbocycles. The number of fused-ring (bicyclic) bond motifs is 11. The maximum atomic E-state index is 2.63. The summed E-state index contributed by atoms with van der Waals surface area (Å²) in [6, 6.07) is 102. The molecule has 2 aliphatic rings. The highest BCUT2D eigenvalue weighted by Gasteiger charge is 2.50. The number of nitrogens with zero attached hydrogens (tertiary/aromatic N) is 3. The van der Waals surface area contributed by atoms with E-state index >= 15 is 0 Å². The van der Waals surface area contributed by atoms with Gasteiger partial charge in [-0.05, 0) is 99.6 Å². The summed E-state index contributed by atoms with van der Waals surface area (Å²) in [5.41, 5.74) is 19.1. The molecule has 11 aromatic carbocycles. The first kappa shape index (κ1) is 39.8. The van der Waals surface area contributed by atoms with Crippen LogP contribution in [0.15, 0.2) is 273 Å². The van der Waals surface area contributed by atoms with Crippen LogP contribution in [0.5, 0.6) is 0 Å². The van der Waals surface area contributed by atoms with E-state index in [0.717, 1.165) is 22.7 Å². The summed E-state index contributed by atoms with van der Waals surface area (Å²) in [5.74, 6) is 0. The van der Waals surface area contributed by atoms with Crippen LogP contribution >= 0.6 is 0 Å². The number of benzene rings is 11. The molecular formula is C68H45N3. The van der Waals surface area contributed by atoms with Crippen LogP contribution in [0.4, 0.5) is 17.1 Å². The predicted octanol–water partition coefficient (Wildman–Crippen LogP) is 16.9. The van der Waals surface area contributed by atoms with E-state index in [1.54, 1.807) is 0 Å².